The summed E-state index contributed by atoms with van der Waals surface area (Å²) in [4.78, 5) is 0. The van der Waals surface area contributed by atoms with Gasteiger partial charge in [0.2, 0.25) is 0 Å². The molecular formula is C15H20LrN-. The Bertz CT molecular complexity index is 421. The number of rotatable bonds is 0. The Morgan fingerprint density at radius 1 is 1.35 bits per heavy atom. The second-order valence-electron chi connectivity index (χ2n) is 5.69. The molecule has 3 aliphatic carbocycles. The molecule has 1 saturated carbocycles. The van der Waals surface area contributed by atoms with Crippen LogP contribution in [0.25, 0.3) is 0 Å². The average Bonchev–Trinajstić information content (AvgIpc) is 2.42. The molecular weight excluding hydrogens is 456 g/mol. The van der Waals surface area contributed by atoms with Gasteiger partial charge >= 0.3 is 0 Å². The van der Waals surface area contributed by atoms with Gasteiger partial charge in [-0.05, 0) is 24.2 Å². The fourth-order valence-corrected chi connectivity index (χ4v) is 3.99. The third-order valence-electron chi connectivity index (χ3n) is 5.00. The molecule has 0 saturated heterocycles. The summed E-state index contributed by atoms with van der Waals surface area (Å²) in [6.45, 7) is 6.85. The number of hydrogen-bond acceptors (Lipinski definition) is 1. The van der Waals surface area contributed by atoms with Crippen LogP contribution in [0, 0.1) is 23.7 Å². The first-order chi connectivity index (χ1) is 7.56. The third kappa shape index (κ3) is 1.10. The SMILES string of the molecule is C[C-]1C=CC=CC2=C1[C@@H](C)C1C[C@@H](C)C21N.[Lr]. The minimum absolute atomic E-state index is 0. The molecule has 0 heterocycles. The molecule has 1 nitrogen and oxygen atoms in total. The number of hydrogen-bond donors (Lipinski definition) is 1. The molecule has 3 aliphatic rings. The van der Waals surface area contributed by atoms with Gasteiger partial charge in [-0.15, -0.1) is 23.3 Å². The minimum atomic E-state index is -0.0431. The fourth-order valence-electron chi connectivity index (χ4n) is 3.99. The van der Waals surface area contributed by atoms with Crippen molar-refractivity contribution in [3.05, 3.63) is 41.4 Å². The van der Waals surface area contributed by atoms with Gasteiger partial charge in [0.05, 0.1) is 0 Å². The van der Waals surface area contributed by atoms with E-state index < -0.39 is 0 Å². The normalized spacial score (nSPS) is 42.6. The molecule has 0 aliphatic heterocycles. The van der Waals surface area contributed by atoms with Gasteiger partial charge in [0.25, 0.3) is 0 Å². The maximum atomic E-state index is 6.68. The molecule has 0 aromatic carbocycles. The Morgan fingerprint density at radius 2 is 2.06 bits per heavy atom. The topological polar surface area (TPSA) is 26.0 Å². The van der Waals surface area contributed by atoms with E-state index in [1.807, 2.05) is 0 Å². The zero-order valence-corrected chi connectivity index (χ0v) is 12.7. The van der Waals surface area contributed by atoms with E-state index in [0.29, 0.717) is 17.8 Å². The van der Waals surface area contributed by atoms with E-state index in [9.17, 15) is 0 Å². The van der Waals surface area contributed by atoms with Gasteiger partial charge in [0, 0.05) is 5.54 Å². The van der Waals surface area contributed by atoms with Crippen LogP contribution in [0.15, 0.2) is 35.5 Å². The van der Waals surface area contributed by atoms with E-state index in [1.165, 1.54) is 23.5 Å². The Hall–Kier alpha value is -1.95. The van der Waals surface area contributed by atoms with E-state index >= 15 is 0 Å². The Labute approximate surface area is 98.1 Å². The molecule has 2 heteroatoms. The van der Waals surface area contributed by atoms with Crippen LogP contribution in [-0.4, -0.2) is 5.54 Å². The molecule has 0 aromatic rings. The standard InChI is InChI=1S/C15H20N.Lr/c1-9-6-4-5-7-12-14(9)11(3)13-8-10(2)15(12,13)16;/h4-7,10-11,13H,8,16H2,1-3H3;/q-1;/t10-,11+,13?,15?;/m1./s1. The Kier molecular flexibility index (Phi) is 2.22. The number of fused-ring (bicyclic) bond motifs is 2. The molecule has 0 bridgehead atoms. The summed E-state index contributed by atoms with van der Waals surface area (Å²) in [7, 11) is 0. The summed E-state index contributed by atoms with van der Waals surface area (Å²) in [5.74, 6) is 3.32. The second kappa shape index (κ2) is 3.27. The first-order valence-electron chi connectivity index (χ1n) is 6.29. The van der Waals surface area contributed by atoms with Gasteiger partial charge in [0.1, 0.15) is 0 Å². The molecule has 0 spiro atoms. The zero-order chi connectivity index (χ0) is 11.5. The van der Waals surface area contributed by atoms with Crippen molar-refractivity contribution in [3.8, 4) is 0 Å². The Morgan fingerprint density at radius 3 is 2.71 bits per heavy atom. The minimum Gasteiger partial charge on any atom is -0.331 e. The molecule has 4 atom stereocenters. The number of nitrogens with two attached hydrogens (primary N) is 1. The van der Waals surface area contributed by atoms with E-state index in [4.69, 9.17) is 5.73 Å². The van der Waals surface area contributed by atoms with E-state index in [1.54, 1.807) is 0 Å². The summed E-state index contributed by atoms with van der Waals surface area (Å²) < 4.78 is 0. The van der Waals surface area contributed by atoms with Crippen molar-refractivity contribution in [2.45, 2.75) is 32.7 Å². The van der Waals surface area contributed by atoms with E-state index in [-0.39, 0.29) is 5.54 Å². The van der Waals surface area contributed by atoms with Crippen LogP contribution in [0.3, 0.4) is 0 Å². The van der Waals surface area contributed by atoms with Gasteiger partial charge in [-0.2, -0.15) is 18.1 Å². The van der Waals surface area contributed by atoms with Crippen molar-refractivity contribution in [1.29, 1.82) is 0 Å². The van der Waals surface area contributed by atoms with Crippen LogP contribution in [0.5, 0.6) is 0 Å². The molecule has 3 rings (SSSR count). The van der Waals surface area contributed by atoms with Crippen LogP contribution >= 0.6 is 0 Å². The van der Waals surface area contributed by atoms with Crippen molar-refractivity contribution in [1.82, 2.24) is 0 Å². The second-order valence-corrected chi connectivity index (χ2v) is 5.69. The van der Waals surface area contributed by atoms with Gasteiger partial charge < -0.3 is 5.73 Å². The molecule has 17 heavy (non-hydrogen) atoms. The first kappa shape index (κ1) is 11.5. The van der Waals surface area contributed by atoms with Gasteiger partial charge in [-0.25, -0.2) is 0 Å². The maximum Gasteiger partial charge on any atom is 0.00252 e. The van der Waals surface area contributed by atoms with Crippen molar-refractivity contribution in [2.24, 2.45) is 23.5 Å². The molecule has 1 radical (unpaired) electrons. The van der Waals surface area contributed by atoms with Crippen LogP contribution in [0.2, 0.25) is 0 Å². The van der Waals surface area contributed by atoms with Crippen molar-refractivity contribution >= 4 is 0 Å². The molecule has 0 amide bonds. The smallest absolute Gasteiger partial charge is 0.00252 e. The quantitative estimate of drug-likeness (QED) is 0.535. The maximum absolute atomic E-state index is 6.68. The van der Waals surface area contributed by atoms with Crippen molar-refractivity contribution in [3.63, 3.8) is 0 Å². The Balaban J connectivity index is 0.00000108. The summed E-state index contributed by atoms with van der Waals surface area (Å²) in [5.41, 5.74) is 9.56. The van der Waals surface area contributed by atoms with Gasteiger partial charge in [0.15, 0.2) is 0 Å². The third-order valence-corrected chi connectivity index (χ3v) is 5.00. The monoisotopic (exact) mass is 476 g/mol. The summed E-state index contributed by atoms with van der Waals surface area (Å²) in [5, 5.41) is 0. The average molecular weight is 476 g/mol. The summed E-state index contributed by atoms with van der Waals surface area (Å²) >= 11 is 0. The number of allylic oxidation sites excluding steroid dienone is 4. The molecule has 2 unspecified atom stereocenters. The fraction of sp³-hybridized carbons (Fsp3) is 0.533. The first-order valence-corrected chi connectivity index (χ1v) is 6.29. The van der Waals surface area contributed by atoms with Gasteiger partial charge in [-0.1, -0.05) is 20.8 Å². The molecule has 101 valence electrons. The van der Waals surface area contributed by atoms with Gasteiger partial charge in [-0.3, -0.25) is 0 Å². The van der Waals surface area contributed by atoms with Crippen LogP contribution in [0.4, 0.5) is 0 Å². The van der Waals surface area contributed by atoms with Crippen LogP contribution < -0.4 is 5.73 Å². The molecule has 0 aromatic heterocycles. The van der Waals surface area contributed by atoms with Crippen molar-refractivity contribution in [2.75, 3.05) is 0 Å². The summed E-state index contributed by atoms with van der Waals surface area (Å²) in [6.07, 6.45) is 10.0. The molecule has 1 fully saturated rings. The summed E-state index contributed by atoms with van der Waals surface area (Å²) in [6, 6.07) is 0. The zero-order valence-electron chi connectivity index (χ0n) is 10.6. The predicted molar refractivity (Wildman–Crippen MR) is 67.6 cm³/mol. The van der Waals surface area contributed by atoms with Crippen LogP contribution in [-0.2, 0) is 0 Å². The van der Waals surface area contributed by atoms with E-state index in [2.05, 4.69) is 45.1 Å². The van der Waals surface area contributed by atoms with E-state index in [0.717, 1.165) is 0 Å². The van der Waals surface area contributed by atoms with Crippen LogP contribution in [0.1, 0.15) is 27.2 Å². The largest absolute Gasteiger partial charge is 0.331 e. The van der Waals surface area contributed by atoms with Crippen molar-refractivity contribution < 1.29 is 0 Å². The molecule has 2 N–H and O–H groups in total. The predicted octanol–water partition coefficient (Wildman–Crippen LogP) is 3.01.